The molecule has 2 N–H and O–H groups in total. The third-order valence-electron chi connectivity index (χ3n) is 4.35. The maximum atomic E-state index is 12.3. The molecule has 7 heteroatoms. The van der Waals surface area contributed by atoms with E-state index in [-0.39, 0.29) is 29.9 Å². The second kappa shape index (κ2) is 9.09. The van der Waals surface area contributed by atoms with Crippen molar-refractivity contribution in [3.8, 4) is 6.07 Å². The van der Waals surface area contributed by atoms with Gasteiger partial charge >= 0.3 is 0 Å². The molecule has 5 nitrogen and oxygen atoms in total. The fraction of sp³-hybridized carbons (Fsp3) is 0.190. The molecule has 0 aromatic heterocycles. The number of aryl methyl sites for hydroxylation is 1. The molecule has 2 aromatic rings. The summed E-state index contributed by atoms with van der Waals surface area (Å²) in [4.78, 5) is 24.5. The number of nitriles is 1. The number of amides is 2. The summed E-state index contributed by atoms with van der Waals surface area (Å²) in [6.45, 7) is 1.94. The first-order chi connectivity index (χ1) is 13.5. The summed E-state index contributed by atoms with van der Waals surface area (Å²) in [5.74, 6) is -0.552. The number of halogens is 1. The molecule has 2 aromatic carbocycles. The highest BCUT2D eigenvalue weighted by atomic mass is 79.9. The lowest BCUT2D eigenvalue weighted by Crippen LogP contribution is -2.31. The molecule has 0 aliphatic carbocycles. The van der Waals surface area contributed by atoms with Gasteiger partial charge in [0.2, 0.25) is 11.8 Å². The van der Waals surface area contributed by atoms with Gasteiger partial charge in [-0.05, 0) is 36.2 Å². The maximum absolute atomic E-state index is 12.3. The van der Waals surface area contributed by atoms with E-state index < -0.39 is 0 Å². The van der Waals surface area contributed by atoms with E-state index in [1.807, 2.05) is 55.5 Å². The number of nitrogens with zero attached hydrogens (tertiary/aromatic N) is 1. The Bertz CT molecular complexity index is 983. The zero-order valence-electron chi connectivity index (χ0n) is 15.2. The molecule has 142 valence electrons. The molecule has 0 unspecified atom stereocenters. The summed E-state index contributed by atoms with van der Waals surface area (Å²) < 4.78 is 0.973. The summed E-state index contributed by atoms with van der Waals surface area (Å²) in [7, 11) is 0. The van der Waals surface area contributed by atoms with Crippen molar-refractivity contribution >= 4 is 45.2 Å². The Morgan fingerprint density at radius 2 is 2.07 bits per heavy atom. The Morgan fingerprint density at radius 1 is 1.32 bits per heavy atom. The van der Waals surface area contributed by atoms with Crippen molar-refractivity contribution in [3.63, 3.8) is 0 Å². The summed E-state index contributed by atoms with van der Waals surface area (Å²) in [5, 5.41) is 15.7. The zero-order chi connectivity index (χ0) is 20.1. The minimum Gasteiger partial charge on any atom is -0.325 e. The number of benzene rings is 2. The molecule has 1 heterocycles. The predicted molar refractivity (Wildman–Crippen MR) is 115 cm³/mol. The molecule has 0 fully saturated rings. The van der Waals surface area contributed by atoms with Crippen molar-refractivity contribution in [2.24, 2.45) is 0 Å². The zero-order valence-corrected chi connectivity index (χ0v) is 17.6. The average molecular weight is 456 g/mol. The lowest BCUT2D eigenvalue weighted by atomic mass is 9.87. The van der Waals surface area contributed by atoms with Crippen LogP contribution in [0.1, 0.15) is 23.5 Å². The number of hydrogen-bond donors (Lipinski definition) is 2. The molecule has 2 amide bonds. The van der Waals surface area contributed by atoms with Gasteiger partial charge in [0, 0.05) is 22.5 Å². The molecule has 0 radical (unpaired) electrons. The van der Waals surface area contributed by atoms with Gasteiger partial charge in [0.25, 0.3) is 0 Å². The topological polar surface area (TPSA) is 82.0 Å². The molecule has 0 bridgehead atoms. The summed E-state index contributed by atoms with van der Waals surface area (Å²) in [5.41, 5.74) is 3.13. The first kappa shape index (κ1) is 20.2. The van der Waals surface area contributed by atoms with Crippen molar-refractivity contribution in [2.45, 2.75) is 19.3 Å². The monoisotopic (exact) mass is 455 g/mol. The fourth-order valence-corrected chi connectivity index (χ4v) is 4.08. The number of nitrogens with one attached hydrogen (secondary N) is 2. The van der Waals surface area contributed by atoms with Crippen molar-refractivity contribution in [2.75, 3.05) is 11.1 Å². The molecule has 0 saturated carbocycles. The summed E-state index contributed by atoms with van der Waals surface area (Å²) >= 11 is 4.60. The molecule has 1 aliphatic heterocycles. The Morgan fingerprint density at radius 3 is 2.75 bits per heavy atom. The molecular weight excluding hydrogens is 438 g/mol. The number of hydrogen-bond acceptors (Lipinski definition) is 4. The average Bonchev–Trinajstić information content (AvgIpc) is 2.69. The lowest BCUT2D eigenvalue weighted by molar-refractivity contribution is -0.121. The van der Waals surface area contributed by atoms with Gasteiger partial charge in [-0.25, -0.2) is 0 Å². The standard InChI is InChI=1S/C21H18BrN3O2S/c1-13-9-15(7-8-18(13)22)24-20(27)12-28-21-17(11-23)16(10-19(26)25-21)14-5-3-2-4-6-14/h2-9,16H,10,12H2,1H3,(H,24,27)(H,25,26)/t16-/m1/s1. The van der Waals surface area contributed by atoms with Crippen molar-refractivity contribution < 1.29 is 9.59 Å². The largest absolute Gasteiger partial charge is 0.325 e. The minimum atomic E-state index is -0.292. The Kier molecular flexibility index (Phi) is 6.55. The van der Waals surface area contributed by atoms with Gasteiger partial charge in [-0.2, -0.15) is 5.26 Å². The number of anilines is 1. The smallest absolute Gasteiger partial charge is 0.234 e. The fourth-order valence-electron chi connectivity index (χ4n) is 2.96. The number of thioether (sulfide) groups is 1. The normalized spacial score (nSPS) is 16.3. The maximum Gasteiger partial charge on any atom is 0.234 e. The Hall–Kier alpha value is -2.56. The van der Waals surface area contributed by atoms with E-state index in [0.29, 0.717) is 16.3 Å². The summed E-state index contributed by atoms with van der Waals surface area (Å²) in [6.07, 6.45) is 0.224. The van der Waals surface area contributed by atoms with E-state index in [1.165, 1.54) is 11.8 Å². The van der Waals surface area contributed by atoms with Crippen LogP contribution in [0.4, 0.5) is 5.69 Å². The van der Waals surface area contributed by atoms with E-state index in [4.69, 9.17) is 0 Å². The lowest BCUT2D eigenvalue weighted by Gasteiger charge is -2.25. The highest BCUT2D eigenvalue weighted by molar-refractivity contribution is 9.10. The van der Waals surface area contributed by atoms with E-state index in [2.05, 4.69) is 32.6 Å². The predicted octanol–water partition coefficient (Wildman–Crippen LogP) is 4.47. The van der Waals surface area contributed by atoms with Crippen LogP contribution in [0, 0.1) is 18.3 Å². The van der Waals surface area contributed by atoms with Crippen LogP contribution in [0.5, 0.6) is 0 Å². The van der Waals surface area contributed by atoms with E-state index in [0.717, 1.165) is 15.6 Å². The van der Waals surface area contributed by atoms with E-state index in [9.17, 15) is 14.9 Å². The van der Waals surface area contributed by atoms with Crippen LogP contribution in [-0.2, 0) is 9.59 Å². The van der Waals surface area contributed by atoms with Crippen molar-refractivity contribution in [3.05, 3.63) is 74.7 Å². The molecule has 1 atom stereocenters. The van der Waals surface area contributed by atoms with Gasteiger partial charge in [0.1, 0.15) is 0 Å². The molecule has 28 heavy (non-hydrogen) atoms. The third kappa shape index (κ3) is 4.83. The highest BCUT2D eigenvalue weighted by Crippen LogP contribution is 2.35. The quantitative estimate of drug-likeness (QED) is 0.696. The molecule has 3 rings (SSSR count). The van der Waals surface area contributed by atoms with Gasteiger partial charge in [0.15, 0.2) is 0 Å². The van der Waals surface area contributed by atoms with E-state index in [1.54, 1.807) is 0 Å². The van der Waals surface area contributed by atoms with Crippen LogP contribution in [0.2, 0.25) is 0 Å². The number of carbonyl (C=O) groups excluding carboxylic acids is 2. The van der Waals surface area contributed by atoms with Crippen LogP contribution < -0.4 is 10.6 Å². The van der Waals surface area contributed by atoms with Crippen LogP contribution in [0.15, 0.2) is 63.6 Å². The number of rotatable bonds is 5. The van der Waals surface area contributed by atoms with Crippen LogP contribution >= 0.6 is 27.7 Å². The summed E-state index contributed by atoms with van der Waals surface area (Å²) in [6, 6.07) is 17.3. The first-order valence-corrected chi connectivity index (χ1v) is 10.4. The van der Waals surface area contributed by atoms with Crippen molar-refractivity contribution in [1.29, 1.82) is 5.26 Å². The van der Waals surface area contributed by atoms with Gasteiger partial charge < -0.3 is 10.6 Å². The van der Waals surface area contributed by atoms with Gasteiger partial charge in [-0.15, -0.1) is 0 Å². The SMILES string of the molecule is Cc1cc(NC(=O)CSC2=C(C#N)[C@@H](c3ccccc3)CC(=O)N2)ccc1Br. The van der Waals surface area contributed by atoms with Crippen LogP contribution in [0.25, 0.3) is 0 Å². The van der Waals surface area contributed by atoms with Crippen LogP contribution in [0.3, 0.4) is 0 Å². The molecular formula is C21H18BrN3O2S. The Labute approximate surface area is 176 Å². The third-order valence-corrected chi connectivity index (χ3v) is 6.25. The Balaban J connectivity index is 1.73. The van der Waals surface area contributed by atoms with Crippen LogP contribution in [-0.4, -0.2) is 17.6 Å². The van der Waals surface area contributed by atoms with Gasteiger partial charge in [-0.1, -0.05) is 58.0 Å². The molecule has 0 spiro atoms. The number of carbonyl (C=O) groups is 2. The second-order valence-corrected chi connectivity index (χ2v) is 8.21. The minimum absolute atomic E-state index is 0.0947. The van der Waals surface area contributed by atoms with Gasteiger partial charge in [-0.3, -0.25) is 9.59 Å². The van der Waals surface area contributed by atoms with Gasteiger partial charge in [0.05, 0.1) is 22.4 Å². The first-order valence-electron chi connectivity index (χ1n) is 8.66. The van der Waals surface area contributed by atoms with E-state index >= 15 is 0 Å². The second-order valence-electron chi connectivity index (χ2n) is 6.37. The highest BCUT2D eigenvalue weighted by Gasteiger charge is 2.29. The molecule has 0 saturated heterocycles. The molecule has 1 aliphatic rings. The number of allylic oxidation sites excluding steroid dienone is 1. The van der Waals surface area contributed by atoms with Crippen molar-refractivity contribution in [1.82, 2.24) is 5.32 Å².